The molecule has 1 saturated carbocycles. The fraction of sp³-hybridized carbons (Fsp3) is 1.00. The van der Waals surface area contributed by atoms with Crippen LogP contribution < -0.4 is 0 Å². The molecule has 0 spiro atoms. The maximum atomic E-state index is 6.04. The number of rotatable bonds is 8. The first kappa shape index (κ1) is 17.3. The van der Waals surface area contributed by atoms with Gasteiger partial charge in [0.15, 0.2) is 6.29 Å². The van der Waals surface area contributed by atoms with Crippen molar-refractivity contribution in [3.63, 3.8) is 0 Å². The van der Waals surface area contributed by atoms with Gasteiger partial charge in [-0.3, -0.25) is 0 Å². The highest BCUT2D eigenvalue weighted by Crippen LogP contribution is 2.36. The minimum atomic E-state index is 0.111. The van der Waals surface area contributed by atoms with Crippen LogP contribution in [-0.4, -0.2) is 19.5 Å². The van der Waals surface area contributed by atoms with Crippen LogP contribution in [0.3, 0.4) is 0 Å². The van der Waals surface area contributed by atoms with Gasteiger partial charge in [-0.1, -0.05) is 52.4 Å². The standard InChI is InChI=1S/C19H36O2/c1-3-5-7-9-16-10-12-18(13-11-16)19-20-14-17(15-21-19)8-6-4-2/h16-19H,3-15H2,1-2H3. The zero-order valence-electron chi connectivity index (χ0n) is 14.3. The molecule has 0 amide bonds. The van der Waals surface area contributed by atoms with Crippen molar-refractivity contribution >= 4 is 0 Å². The molecule has 124 valence electrons. The molecule has 2 heteroatoms. The molecule has 0 N–H and O–H groups in total. The summed E-state index contributed by atoms with van der Waals surface area (Å²) >= 11 is 0. The second kappa shape index (κ2) is 9.84. The van der Waals surface area contributed by atoms with Crippen molar-refractivity contribution in [2.75, 3.05) is 13.2 Å². The fourth-order valence-electron chi connectivity index (χ4n) is 3.92. The molecule has 1 aliphatic heterocycles. The highest BCUT2D eigenvalue weighted by molar-refractivity contribution is 4.77. The zero-order chi connectivity index (χ0) is 14.9. The average Bonchev–Trinajstić information content (AvgIpc) is 2.54. The molecule has 2 aliphatic rings. The summed E-state index contributed by atoms with van der Waals surface area (Å²) in [5, 5.41) is 0. The second-order valence-electron chi connectivity index (χ2n) is 7.32. The Labute approximate surface area is 132 Å². The molecule has 0 atom stereocenters. The molecule has 2 fully saturated rings. The molecule has 2 rings (SSSR count). The van der Waals surface area contributed by atoms with Crippen LogP contribution in [0.25, 0.3) is 0 Å². The lowest BCUT2D eigenvalue weighted by molar-refractivity contribution is -0.230. The van der Waals surface area contributed by atoms with Crippen LogP contribution in [0.1, 0.15) is 84.5 Å². The van der Waals surface area contributed by atoms with Crippen LogP contribution in [0.2, 0.25) is 0 Å². The molecule has 0 aromatic carbocycles. The summed E-state index contributed by atoms with van der Waals surface area (Å²) in [7, 11) is 0. The molecule has 0 bridgehead atoms. The molecular weight excluding hydrogens is 260 g/mol. The van der Waals surface area contributed by atoms with E-state index >= 15 is 0 Å². The van der Waals surface area contributed by atoms with E-state index in [-0.39, 0.29) is 6.29 Å². The Hall–Kier alpha value is -0.0800. The molecule has 2 nitrogen and oxygen atoms in total. The summed E-state index contributed by atoms with van der Waals surface area (Å²) in [6, 6.07) is 0. The Bertz CT molecular complexity index is 250. The quantitative estimate of drug-likeness (QED) is 0.546. The van der Waals surface area contributed by atoms with E-state index in [9.17, 15) is 0 Å². The van der Waals surface area contributed by atoms with E-state index in [2.05, 4.69) is 13.8 Å². The number of hydrogen-bond acceptors (Lipinski definition) is 2. The van der Waals surface area contributed by atoms with Crippen LogP contribution in [0.5, 0.6) is 0 Å². The SMILES string of the molecule is CCCCCC1CCC(C2OCC(CCCC)CO2)CC1. The summed E-state index contributed by atoms with van der Waals surface area (Å²) in [5.41, 5.74) is 0. The van der Waals surface area contributed by atoms with Gasteiger partial charge in [-0.05, 0) is 38.0 Å². The van der Waals surface area contributed by atoms with E-state index < -0.39 is 0 Å². The van der Waals surface area contributed by atoms with Gasteiger partial charge in [-0.2, -0.15) is 0 Å². The topological polar surface area (TPSA) is 18.5 Å². The molecule has 0 aromatic rings. The Balaban J connectivity index is 1.60. The maximum Gasteiger partial charge on any atom is 0.160 e. The third-order valence-corrected chi connectivity index (χ3v) is 5.45. The van der Waals surface area contributed by atoms with Crippen LogP contribution >= 0.6 is 0 Å². The van der Waals surface area contributed by atoms with E-state index in [0.29, 0.717) is 11.8 Å². The van der Waals surface area contributed by atoms with Crippen molar-refractivity contribution in [2.24, 2.45) is 17.8 Å². The highest BCUT2D eigenvalue weighted by Gasteiger charge is 2.32. The predicted molar refractivity (Wildman–Crippen MR) is 88.3 cm³/mol. The smallest absolute Gasteiger partial charge is 0.160 e. The second-order valence-corrected chi connectivity index (χ2v) is 7.32. The third-order valence-electron chi connectivity index (χ3n) is 5.45. The minimum absolute atomic E-state index is 0.111. The van der Waals surface area contributed by atoms with Gasteiger partial charge in [0.2, 0.25) is 0 Å². The van der Waals surface area contributed by atoms with Crippen molar-refractivity contribution in [1.82, 2.24) is 0 Å². The van der Waals surface area contributed by atoms with Crippen LogP contribution in [0.4, 0.5) is 0 Å². The van der Waals surface area contributed by atoms with Crippen LogP contribution in [0, 0.1) is 17.8 Å². The lowest BCUT2D eigenvalue weighted by atomic mass is 9.79. The van der Waals surface area contributed by atoms with E-state index in [1.54, 1.807) is 0 Å². The third kappa shape index (κ3) is 5.90. The first-order valence-corrected chi connectivity index (χ1v) is 9.56. The summed E-state index contributed by atoms with van der Waals surface area (Å²) in [6.45, 7) is 6.41. The first-order valence-electron chi connectivity index (χ1n) is 9.56. The van der Waals surface area contributed by atoms with Gasteiger partial charge in [-0.25, -0.2) is 0 Å². The molecule has 21 heavy (non-hydrogen) atoms. The lowest BCUT2D eigenvalue weighted by Gasteiger charge is -2.37. The van der Waals surface area contributed by atoms with Gasteiger partial charge in [0, 0.05) is 11.8 Å². The molecular formula is C19H36O2. The molecule has 0 aromatic heterocycles. The number of unbranched alkanes of at least 4 members (excludes halogenated alkanes) is 3. The van der Waals surface area contributed by atoms with Gasteiger partial charge >= 0.3 is 0 Å². The summed E-state index contributed by atoms with van der Waals surface area (Å²) in [5.74, 6) is 2.29. The largest absolute Gasteiger partial charge is 0.352 e. The normalized spacial score (nSPS) is 34.0. The average molecular weight is 296 g/mol. The highest BCUT2D eigenvalue weighted by atomic mass is 16.7. The van der Waals surface area contributed by atoms with Gasteiger partial charge in [0.25, 0.3) is 0 Å². The van der Waals surface area contributed by atoms with E-state index in [1.807, 2.05) is 0 Å². The molecule has 0 unspecified atom stereocenters. The van der Waals surface area contributed by atoms with E-state index in [0.717, 1.165) is 19.1 Å². The van der Waals surface area contributed by atoms with Crippen molar-refractivity contribution in [3.05, 3.63) is 0 Å². The Morgan fingerprint density at radius 2 is 1.33 bits per heavy atom. The Kier molecular flexibility index (Phi) is 8.10. The first-order chi connectivity index (χ1) is 10.3. The lowest BCUT2D eigenvalue weighted by Crippen LogP contribution is -2.38. The van der Waals surface area contributed by atoms with Gasteiger partial charge in [0.1, 0.15) is 0 Å². The van der Waals surface area contributed by atoms with Gasteiger partial charge in [-0.15, -0.1) is 0 Å². The number of ether oxygens (including phenoxy) is 2. The van der Waals surface area contributed by atoms with Crippen molar-refractivity contribution in [2.45, 2.75) is 90.8 Å². The number of hydrogen-bond donors (Lipinski definition) is 0. The van der Waals surface area contributed by atoms with Crippen molar-refractivity contribution in [1.29, 1.82) is 0 Å². The monoisotopic (exact) mass is 296 g/mol. The molecule has 1 heterocycles. The van der Waals surface area contributed by atoms with Crippen molar-refractivity contribution in [3.8, 4) is 0 Å². The Morgan fingerprint density at radius 1 is 0.714 bits per heavy atom. The van der Waals surface area contributed by atoms with Crippen LogP contribution in [-0.2, 0) is 9.47 Å². The molecule has 0 radical (unpaired) electrons. The van der Waals surface area contributed by atoms with Gasteiger partial charge in [0.05, 0.1) is 13.2 Å². The van der Waals surface area contributed by atoms with Crippen molar-refractivity contribution < 1.29 is 9.47 Å². The molecule has 1 saturated heterocycles. The minimum Gasteiger partial charge on any atom is -0.352 e. The Morgan fingerprint density at radius 3 is 1.95 bits per heavy atom. The maximum absolute atomic E-state index is 6.04. The summed E-state index contributed by atoms with van der Waals surface area (Å²) in [6.07, 6.45) is 15.1. The van der Waals surface area contributed by atoms with Crippen LogP contribution in [0.15, 0.2) is 0 Å². The van der Waals surface area contributed by atoms with Gasteiger partial charge < -0.3 is 9.47 Å². The predicted octanol–water partition coefficient (Wildman–Crippen LogP) is 5.55. The van der Waals surface area contributed by atoms with E-state index in [4.69, 9.17) is 9.47 Å². The summed E-state index contributed by atoms with van der Waals surface area (Å²) < 4.78 is 12.1. The molecule has 1 aliphatic carbocycles. The van der Waals surface area contributed by atoms with E-state index in [1.165, 1.54) is 70.6 Å². The fourth-order valence-corrected chi connectivity index (χ4v) is 3.92. The summed E-state index contributed by atoms with van der Waals surface area (Å²) in [4.78, 5) is 0. The zero-order valence-corrected chi connectivity index (χ0v) is 14.3.